The van der Waals surface area contributed by atoms with Gasteiger partial charge in [0.25, 0.3) is 5.91 Å². The van der Waals surface area contributed by atoms with Crippen LogP contribution in [0.2, 0.25) is 5.02 Å². The predicted molar refractivity (Wildman–Crippen MR) is 107 cm³/mol. The van der Waals surface area contributed by atoms with Gasteiger partial charge in [0.05, 0.1) is 18.9 Å². The smallest absolute Gasteiger partial charge is 0.274 e. The van der Waals surface area contributed by atoms with Crippen molar-refractivity contribution in [3.63, 3.8) is 0 Å². The molecule has 0 aliphatic carbocycles. The van der Waals surface area contributed by atoms with Crippen LogP contribution in [0, 0.1) is 0 Å². The van der Waals surface area contributed by atoms with Crippen LogP contribution in [0.3, 0.4) is 0 Å². The number of aromatic nitrogens is 3. The minimum atomic E-state index is -0.291. The fourth-order valence-corrected chi connectivity index (χ4v) is 3.13. The summed E-state index contributed by atoms with van der Waals surface area (Å²) in [5.41, 5.74) is 3.02. The summed E-state index contributed by atoms with van der Waals surface area (Å²) in [6, 6.07) is 12.8. The summed E-state index contributed by atoms with van der Waals surface area (Å²) >= 11 is 5.90. The number of rotatable bonds is 5. The maximum Gasteiger partial charge on any atom is 0.274 e. The van der Waals surface area contributed by atoms with Crippen molar-refractivity contribution in [1.82, 2.24) is 20.1 Å². The summed E-state index contributed by atoms with van der Waals surface area (Å²) < 4.78 is 5.36. The molecule has 1 aliphatic rings. The third-order valence-electron chi connectivity index (χ3n) is 4.54. The molecule has 1 saturated heterocycles. The van der Waals surface area contributed by atoms with E-state index in [4.69, 9.17) is 16.3 Å². The number of amides is 1. The summed E-state index contributed by atoms with van der Waals surface area (Å²) in [5.74, 6) is 0.208. The summed E-state index contributed by atoms with van der Waals surface area (Å²) in [4.78, 5) is 19.1. The molecule has 0 spiro atoms. The van der Waals surface area contributed by atoms with E-state index in [1.165, 1.54) is 0 Å². The molecular formula is C20H20ClN5O2. The molecule has 0 bridgehead atoms. The predicted octanol–water partition coefficient (Wildman–Crippen LogP) is 3.21. The summed E-state index contributed by atoms with van der Waals surface area (Å²) in [6.07, 6.45) is 1.79. The molecule has 3 aromatic rings. The van der Waals surface area contributed by atoms with E-state index in [9.17, 15) is 4.79 Å². The molecule has 7 nitrogen and oxygen atoms in total. The Kier molecular flexibility index (Phi) is 5.66. The number of H-pyrrole nitrogens is 1. The number of ether oxygens (including phenoxy) is 1. The molecule has 1 aliphatic heterocycles. The Labute approximate surface area is 167 Å². The average molecular weight is 398 g/mol. The van der Waals surface area contributed by atoms with E-state index in [2.05, 4.69) is 25.4 Å². The second-order valence-electron chi connectivity index (χ2n) is 6.57. The van der Waals surface area contributed by atoms with Gasteiger partial charge in [-0.3, -0.25) is 14.8 Å². The number of carbonyl (C=O) groups excluding carboxylic acids is 1. The van der Waals surface area contributed by atoms with Crippen LogP contribution in [0.15, 0.2) is 48.7 Å². The van der Waals surface area contributed by atoms with Gasteiger partial charge in [-0.05, 0) is 29.8 Å². The molecule has 0 atom stereocenters. The number of carbonyl (C=O) groups is 1. The minimum absolute atomic E-state index is 0.291. The molecule has 1 amide bonds. The SMILES string of the molecule is O=C(Nc1ccc(CN2CCOCC2)cn1)c1cc(-c2ccc(Cl)cc2)n[nH]1. The van der Waals surface area contributed by atoms with Crippen molar-refractivity contribution in [3.8, 4) is 11.3 Å². The summed E-state index contributed by atoms with van der Waals surface area (Å²) in [7, 11) is 0. The quantitative estimate of drug-likeness (QED) is 0.690. The fraction of sp³-hybridized carbons (Fsp3) is 0.250. The molecule has 0 unspecified atom stereocenters. The number of pyridine rings is 1. The van der Waals surface area contributed by atoms with Gasteiger partial charge in [-0.25, -0.2) is 4.98 Å². The van der Waals surface area contributed by atoms with Crippen molar-refractivity contribution in [2.45, 2.75) is 6.54 Å². The molecule has 1 fully saturated rings. The normalized spacial score (nSPS) is 14.8. The lowest BCUT2D eigenvalue weighted by Gasteiger charge is -2.26. The van der Waals surface area contributed by atoms with E-state index in [0.717, 1.165) is 44.0 Å². The Morgan fingerprint density at radius 3 is 2.68 bits per heavy atom. The highest BCUT2D eigenvalue weighted by atomic mass is 35.5. The van der Waals surface area contributed by atoms with E-state index < -0.39 is 0 Å². The lowest BCUT2D eigenvalue weighted by molar-refractivity contribution is 0.0341. The second-order valence-corrected chi connectivity index (χ2v) is 7.00. The summed E-state index contributed by atoms with van der Waals surface area (Å²) in [6.45, 7) is 4.21. The Morgan fingerprint density at radius 2 is 1.96 bits per heavy atom. The second kappa shape index (κ2) is 8.52. The van der Waals surface area contributed by atoms with Gasteiger partial charge in [-0.1, -0.05) is 29.8 Å². The standard InChI is InChI=1S/C20H20ClN5O2/c21-16-4-2-15(3-5-16)17-11-18(25-24-17)20(27)23-19-6-1-14(12-22-19)13-26-7-9-28-10-8-26/h1-6,11-12H,7-10,13H2,(H,24,25)(H,22,23,27). The number of benzene rings is 1. The third kappa shape index (κ3) is 4.56. The molecule has 1 aromatic carbocycles. The van der Waals surface area contributed by atoms with Crippen molar-refractivity contribution >= 4 is 23.3 Å². The first-order valence-corrected chi connectivity index (χ1v) is 9.43. The van der Waals surface area contributed by atoms with E-state index >= 15 is 0 Å². The number of nitrogens with zero attached hydrogens (tertiary/aromatic N) is 3. The number of hydrogen-bond donors (Lipinski definition) is 2. The zero-order chi connectivity index (χ0) is 19.3. The lowest BCUT2D eigenvalue weighted by atomic mass is 10.1. The zero-order valence-corrected chi connectivity index (χ0v) is 15.9. The van der Waals surface area contributed by atoms with Gasteiger partial charge >= 0.3 is 0 Å². The molecule has 3 heterocycles. The monoisotopic (exact) mass is 397 g/mol. The highest BCUT2D eigenvalue weighted by Crippen LogP contribution is 2.20. The lowest BCUT2D eigenvalue weighted by Crippen LogP contribution is -2.35. The molecule has 4 rings (SSSR count). The number of anilines is 1. The van der Waals surface area contributed by atoms with Crippen LogP contribution >= 0.6 is 11.6 Å². The summed E-state index contributed by atoms with van der Waals surface area (Å²) in [5, 5.41) is 10.4. The van der Waals surface area contributed by atoms with Crippen LogP contribution in [0.1, 0.15) is 16.1 Å². The number of morpholine rings is 1. The van der Waals surface area contributed by atoms with E-state index in [-0.39, 0.29) is 5.91 Å². The van der Waals surface area contributed by atoms with Crippen LogP contribution in [-0.2, 0) is 11.3 Å². The topological polar surface area (TPSA) is 83.1 Å². The average Bonchev–Trinajstić information content (AvgIpc) is 3.21. The first kappa shape index (κ1) is 18.6. The molecule has 2 N–H and O–H groups in total. The van der Waals surface area contributed by atoms with Crippen LogP contribution in [0.4, 0.5) is 5.82 Å². The molecule has 144 valence electrons. The minimum Gasteiger partial charge on any atom is -0.379 e. The van der Waals surface area contributed by atoms with E-state index in [1.807, 2.05) is 24.3 Å². The van der Waals surface area contributed by atoms with Crippen molar-refractivity contribution in [3.05, 3.63) is 64.9 Å². The van der Waals surface area contributed by atoms with E-state index in [0.29, 0.717) is 22.2 Å². The Bertz CT molecular complexity index is 934. The van der Waals surface area contributed by atoms with Crippen LogP contribution in [-0.4, -0.2) is 52.3 Å². The van der Waals surface area contributed by atoms with Crippen LogP contribution in [0.25, 0.3) is 11.3 Å². The molecule has 8 heteroatoms. The number of nitrogens with one attached hydrogen (secondary N) is 2. The maximum atomic E-state index is 12.4. The Balaban J connectivity index is 1.37. The highest BCUT2D eigenvalue weighted by Gasteiger charge is 2.13. The Morgan fingerprint density at radius 1 is 1.18 bits per heavy atom. The van der Waals surface area contributed by atoms with Crippen LogP contribution < -0.4 is 5.32 Å². The fourth-order valence-electron chi connectivity index (χ4n) is 3.00. The molecule has 2 aromatic heterocycles. The molecule has 28 heavy (non-hydrogen) atoms. The van der Waals surface area contributed by atoms with E-state index in [1.54, 1.807) is 24.4 Å². The first-order chi connectivity index (χ1) is 13.7. The third-order valence-corrected chi connectivity index (χ3v) is 4.79. The zero-order valence-electron chi connectivity index (χ0n) is 15.2. The molecule has 0 saturated carbocycles. The Hall–Kier alpha value is -2.74. The molecular weight excluding hydrogens is 378 g/mol. The van der Waals surface area contributed by atoms with Crippen molar-refractivity contribution < 1.29 is 9.53 Å². The van der Waals surface area contributed by atoms with Gasteiger partial charge in [-0.15, -0.1) is 0 Å². The number of aromatic amines is 1. The maximum absolute atomic E-state index is 12.4. The van der Waals surface area contributed by atoms with Crippen LogP contribution in [0.5, 0.6) is 0 Å². The van der Waals surface area contributed by atoms with Gasteiger partial charge < -0.3 is 10.1 Å². The van der Waals surface area contributed by atoms with Gasteiger partial charge in [0, 0.05) is 36.4 Å². The van der Waals surface area contributed by atoms with Crippen molar-refractivity contribution in [2.24, 2.45) is 0 Å². The largest absolute Gasteiger partial charge is 0.379 e. The van der Waals surface area contributed by atoms with Gasteiger partial charge in [0.1, 0.15) is 11.5 Å². The van der Waals surface area contributed by atoms with Gasteiger partial charge in [0.2, 0.25) is 0 Å². The van der Waals surface area contributed by atoms with Crippen molar-refractivity contribution in [2.75, 3.05) is 31.6 Å². The van der Waals surface area contributed by atoms with Crippen molar-refractivity contribution in [1.29, 1.82) is 0 Å². The first-order valence-electron chi connectivity index (χ1n) is 9.05. The van der Waals surface area contributed by atoms with Gasteiger partial charge in [-0.2, -0.15) is 5.10 Å². The number of hydrogen-bond acceptors (Lipinski definition) is 5. The highest BCUT2D eigenvalue weighted by molar-refractivity contribution is 6.30. The number of halogens is 1. The molecule has 0 radical (unpaired) electrons. The van der Waals surface area contributed by atoms with Gasteiger partial charge in [0.15, 0.2) is 0 Å².